The molecule has 0 aliphatic carbocycles. The van der Waals surface area contributed by atoms with Crippen molar-refractivity contribution >= 4 is 45.7 Å². The molecule has 1 N–H and O–H groups in total. The van der Waals surface area contributed by atoms with Crippen LogP contribution in [0.3, 0.4) is 0 Å². The molecule has 5 rings (SSSR count). The highest BCUT2D eigenvalue weighted by atomic mass is 35.5. The number of fused-ring (bicyclic) bond motifs is 2. The van der Waals surface area contributed by atoms with Gasteiger partial charge in [0.05, 0.1) is 21.1 Å². The fourth-order valence-electron chi connectivity index (χ4n) is 4.00. The van der Waals surface area contributed by atoms with Gasteiger partial charge in [-0.1, -0.05) is 42.3 Å². The molecule has 0 unspecified atom stereocenters. The second kappa shape index (κ2) is 8.16. The summed E-state index contributed by atoms with van der Waals surface area (Å²) in [6.45, 7) is 3.82. The van der Waals surface area contributed by atoms with Gasteiger partial charge in [0.15, 0.2) is 0 Å². The Labute approximate surface area is 194 Å². The lowest BCUT2D eigenvalue weighted by Crippen LogP contribution is -2.24. The van der Waals surface area contributed by atoms with Gasteiger partial charge in [-0.05, 0) is 48.9 Å². The second-order valence-electron chi connectivity index (χ2n) is 7.82. The minimum atomic E-state index is -0.376. The average Bonchev–Trinajstić information content (AvgIpc) is 3.14. The maximum absolute atomic E-state index is 13.2. The molecule has 7 nitrogen and oxygen atoms in total. The fourth-order valence-corrected chi connectivity index (χ4v) is 4.56. The van der Waals surface area contributed by atoms with Gasteiger partial charge in [0.1, 0.15) is 11.2 Å². The van der Waals surface area contributed by atoms with Crippen molar-refractivity contribution in [2.24, 2.45) is 0 Å². The zero-order valence-electron chi connectivity index (χ0n) is 17.6. The van der Waals surface area contributed by atoms with Crippen LogP contribution in [0.2, 0.25) is 10.0 Å². The van der Waals surface area contributed by atoms with Crippen molar-refractivity contribution in [2.45, 2.75) is 26.4 Å². The number of hydrogen-bond donors (Lipinski definition) is 1. The standard InChI is InChI=1S/C23H20Cl2N6O/c1-3-19-20-16(22(32)31(29-19)21-17(24)5-4-6-18(21)25)10-26-23(28-20)27-15-8-7-13-11-30(2)12-14(13)9-15/h4-10H,3,11-12H2,1-2H3,(H,26,27,28). The summed E-state index contributed by atoms with van der Waals surface area (Å²) in [6, 6.07) is 11.3. The van der Waals surface area contributed by atoms with Gasteiger partial charge >= 0.3 is 0 Å². The lowest BCUT2D eigenvalue weighted by atomic mass is 10.1. The molecule has 9 heteroatoms. The summed E-state index contributed by atoms with van der Waals surface area (Å²) >= 11 is 12.6. The van der Waals surface area contributed by atoms with Crippen LogP contribution in [-0.4, -0.2) is 31.7 Å². The molecular weight excluding hydrogens is 447 g/mol. The Morgan fingerprint density at radius 3 is 2.59 bits per heavy atom. The molecule has 0 bridgehead atoms. The molecule has 0 spiro atoms. The predicted molar refractivity (Wildman–Crippen MR) is 127 cm³/mol. The Balaban J connectivity index is 1.58. The van der Waals surface area contributed by atoms with Crippen molar-refractivity contribution in [1.29, 1.82) is 0 Å². The first-order valence-electron chi connectivity index (χ1n) is 10.3. The number of rotatable bonds is 4. The van der Waals surface area contributed by atoms with Crippen LogP contribution in [0.1, 0.15) is 23.7 Å². The van der Waals surface area contributed by atoms with Gasteiger partial charge < -0.3 is 5.32 Å². The zero-order chi connectivity index (χ0) is 22.4. The number of nitrogens with one attached hydrogen (secondary N) is 1. The van der Waals surface area contributed by atoms with Crippen LogP contribution in [0.15, 0.2) is 47.4 Å². The van der Waals surface area contributed by atoms with E-state index in [1.807, 2.05) is 13.0 Å². The Morgan fingerprint density at radius 2 is 1.84 bits per heavy atom. The van der Waals surface area contributed by atoms with Gasteiger partial charge in [-0.3, -0.25) is 9.69 Å². The van der Waals surface area contributed by atoms with E-state index in [9.17, 15) is 4.79 Å². The van der Waals surface area contributed by atoms with Crippen LogP contribution >= 0.6 is 23.2 Å². The molecule has 2 aromatic carbocycles. The van der Waals surface area contributed by atoms with E-state index in [4.69, 9.17) is 23.2 Å². The number of aryl methyl sites for hydroxylation is 1. The van der Waals surface area contributed by atoms with Gasteiger partial charge in [0.2, 0.25) is 5.95 Å². The number of halogens is 2. The first-order chi connectivity index (χ1) is 15.4. The van der Waals surface area contributed by atoms with Crippen molar-refractivity contribution < 1.29 is 0 Å². The summed E-state index contributed by atoms with van der Waals surface area (Å²) in [5, 5.41) is 8.82. The van der Waals surface area contributed by atoms with E-state index < -0.39 is 0 Å². The van der Waals surface area contributed by atoms with E-state index >= 15 is 0 Å². The van der Waals surface area contributed by atoms with Gasteiger partial charge in [-0.15, -0.1) is 0 Å². The lowest BCUT2D eigenvalue weighted by molar-refractivity contribution is 0.353. The molecule has 162 valence electrons. The summed E-state index contributed by atoms with van der Waals surface area (Å²) in [5.41, 5.74) is 4.65. The lowest BCUT2D eigenvalue weighted by Gasteiger charge is -2.13. The van der Waals surface area contributed by atoms with Crippen LogP contribution in [0.25, 0.3) is 16.6 Å². The Hall–Kier alpha value is -3.00. The highest BCUT2D eigenvalue weighted by Gasteiger charge is 2.18. The van der Waals surface area contributed by atoms with Crippen LogP contribution in [-0.2, 0) is 19.5 Å². The summed E-state index contributed by atoms with van der Waals surface area (Å²) in [5.74, 6) is 0.410. The molecule has 3 heterocycles. The van der Waals surface area contributed by atoms with E-state index in [-0.39, 0.29) is 5.56 Å². The number of anilines is 2. The second-order valence-corrected chi connectivity index (χ2v) is 8.64. The Morgan fingerprint density at radius 1 is 1.09 bits per heavy atom. The van der Waals surface area contributed by atoms with Crippen molar-refractivity contribution in [3.05, 3.63) is 79.8 Å². The molecule has 0 atom stereocenters. The average molecular weight is 467 g/mol. The Kier molecular flexibility index (Phi) is 5.33. The number of nitrogens with zero attached hydrogens (tertiary/aromatic N) is 5. The molecule has 0 radical (unpaired) electrons. The third kappa shape index (κ3) is 3.62. The van der Waals surface area contributed by atoms with Crippen LogP contribution in [0.5, 0.6) is 0 Å². The van der Waals surface area contributed by atoms with Crippen molar-refractivity contribution in [3.63, 3.8) is 0 Å². The molecule has 0 saturated heterocycles. The highest BCUT2D eigenvalue weighted by Crippen LogP contribution is 2.28. The quantitative estimate of drug-likeness (QED) is 0.468. The van der Waals surface area contributed by atoms with Crippen molar-refractivity contribution in [2.75, 3.05) is 12.4 Å². The summed E-state index contributed by atoms with van der Waals surface area (Å²) in [4.78, 5) is 24.5. The van der Waals surface area contributed by atoms with E-state index in [0.717, 1.165) is 18.8 Å². The molecule has 1 aliphatic heterocycles. The van der Waals surface area contributed by atoms with Gasteiger partial charge in [-0.2, -0.15) is 9.78 Å². The minimum Gasteiger partial charge on any atom is -0.324 e. The third-order valence-electron chi connectivity index (χ3n) is 5.53. The summed E-state index contributed by atoms with van der Waals surface area (Å²) < 4.78 is 1.24. The van der Waals surface area contributed by atoms with Crippen LogP contribution < -0.4 is 10.9 Å². The SMILES string of the molecule is CCc1nn(-c2c(Cl)cccc2Cl)c(=O)c2cnc(Nc3ccc4c(c3)CN(C)C4)nc12. The molecule has 2 aromatic heterocycles. The number of para-hydroxylation sites is 1. The highest BCUT2D eigenvalue weighted by molar-refractivity contribution is 6.37. The largest absolute Gasteiger partial charge is 0.324 e. The summed E-state index contributed by atoms with van der Waals surface area (Å²) in [6.07, 6.45) is 2.09. The van der Waals surface area contributed by atoms with E-state index in [0.29, 0.717) is 44.7 Å². The van der Waals surface area contributed by atoms with Crippen LogP contribution in [0.4, 0.5) is 11.6 Å². The summed E-state index contributed by atoms with van der Waals surface area (Å²) in [7, 11) is 2.10. The van der Waals surface area contributed by atoms with Gasteiger partial charge in [0, 0.05) is 25.0 Å². The normalized spacial score (nSPS) is 13.5. The molecule has 1 aliphatic rings. The first-order valence-corrected chi connectivity index (χ1v) is 11.0. The predicted octanol–water partition coefficient (Wildman–Crippen LogP) is 4.73. The third-order valence-corrected chi connectivity index (χ3v) is 6.14. The van der Waals surface area contributed by atoms with Crippen molar-refractivity contribution in [3.8, 4) is 5.69 Å². The maximum Gasteiger partial charge on any atom is 0.282 e. The van der Waals surface area contributed by atoms with E-state index in [1.165, 1.54) is 22.0 Å². The molecule has 0 fully saturated rings. The molecule has 0 saturated carbocycles. The molecule has 0 amide bonds. The maximum atomic E-state index is 13.2. The van der Waals surface area contributed by atoms with Crippen LogP contribution in [0, 0.1) is 0 Å². The Bertz CT molecular complexity index is 1400. The van der Waals surface area contributed by atoms with Crippen molar-refractivity contribution in [1.82, 2.24) is 24.6 Å². The first kappa shape index (κ1) is 20.9. The number of benzene rings is 2. The van der Waals surface area contributed by atoms with E-state index in [2.05, 4.69) is 44.5 Å². The number of aromatic nitrogens is 4. The fraction of sp³-hybridized carbons (Fsp3) is 0.217. The smallest absolute Gasteiger partial charge is 0.282 e. The zero-order valence-corrected chi connectivity index (χ0v) is 19.1. The number of hydrogen-bond acceptors (Lipinski definition) is 6. The minimum absolute atomic E-state index is 0.343. The molecule has 4 aromatic rings. The van der Waals surface area contributed by atoms with Gasteiger partial charge in [0.25, 0.3) is 5.56 Å². The molecule has 32 heavy (non-hydrogen) atoms. The topological polar surface area (TPSA) is 75.9 Å². The monoisotopic (exact) mass is 466 g/mol. The molecular formula is C23H20Cl2N6O. The van der Waals surface area contributed by atoms with Gasteiger partial charge in [-0.25, -0.2) is 9.97 Å². The van der Waals surface area contributed by atoms with E-state index in [1.54, 1.807) is 18.2 Å².